The van der Waals surface area contributed by atoms with Crippen LogP contribution in [-0.4, -0.2) is 5.38 Å². The van der Waals surface area contributed by atoms with Crippen molar-refractivity contribution < 1.29 is 0 Å². The summed E-state index contributed by atoms with van der Waals surface area (Å²) in [5.74, 6) is 3.50. The van der Waals surface area contributed by atoms with Crippen molar-refractivity contribution in [2.45, 2.75) is 84.4 Å². The molecule has 3 unspecified atom stereocenters. The summed E-state index contributed by atoms with van der Waals surface area (Å²) in [5, 5.41) is 0.419. The van der Waals surface area contributed by atoms with Gasteiger partial charge in [-0.2, -0.15) is 0 Å². The van der Waals surface area contributed by atoms with Crippen molar-refractivity contribution in [1.29, 1.82) is 0 Å². The molecule has 0 N–H and O–H groups in total. The molecule has 0 nitrogen and oxygen atoms in total. The van der Waals surface area contributed by atoms with Crippen LogP contribution in [0.25, 0.3) is 0 Å². The topological polar surface area (TPSA) is 0 Å². The van der Waals surface area contributed by atoms with E-state index in [0.29, 0.717) is 10.8 Å². The first-order chi connectivity index (χ1) is 8.95. The number of rotatable bonds is 3. The molecule has 0 aromatic rings. The van der Waals surface area contributed by atoms with E-state index in [9.17, 15) is 0 Å². The van der Waals surface area contributed by atoms with Crippen LogP contribution >= 0.6 is 11.6 Å². The van der Waals surface area contributed by atoms with Crippen molar-refractivity contribution in [2.75, 3.05) is 0 Å². The lowest BCUT2D eigenvalue weighted by atomic mass is 9.59. The van der Waals surface area contributed by atoms with Crippen LogP contribution in [0.3, 0.4) is 0 Å². The largest absolute Gasteiger partial charge is 0.123 e. The third kappa shape index (κ3) is 3.49. The van der Waals surface area contributed by atoms with Crippen LogP contribution < -0.4 is 0 Å². The van der Waals surface area contributed by atoms with E-state index >= 15 is 0 Å². The van der Waals surface area contributed by atoms with Gasteiger partial charge in [0.05, 0.1) is 0 Å². The van der Waals surface area contributed by atoms with E-state index in [1.165, 1.54) is 51.4 Å². The molecule has 2 rings (SSSR count). The predicted molar refractivity (Wildman–Crippen MR) is 85.7 cm³/mol. The Morgan fingerprint density at radius 2 is 1.63 bits per heavy atom. The Labute approximate surface area is 125 Å². The highest BCUT2D eigenvalue weighted by Crippen LogP contribution is 2.51. The molecule has 0 saturated heterocycles. The Bertz CT molecular complexity index is 275. The third-order valence-corrected chi connectivity index (χ3v) is 6.95. The summed E-state index contributed by atoms with van der Waals surface area (Å²) in [5.41, 5.74) is 0.450. The van der Waals surface area contributed by atoms with E-state index in [1.54, 1.807) is 0 Å². The smallest absolute Gasteiger partial charge is 0.0372 e. The van der Waals surface area contributed by atoms with Gasteiger partial charge in [-0.3, -0.25) is 0 Å². The van der Waals surface area contributed by atoms with Gasteiger partial charge in [-0.15, -0.1) is 11.6 Å². The summed E-state index contributed by atoms with van der Waals surface area (Å²) >= 11 is 6.74. The molecule has 19 heavy (non-hydrogen) atoms. The SMILES string of the molecule is CCC1CCC(C(C)(C)C2CCC(C)CC2Cl)CC1. The minimum atomic E-state index is 0.419. The van der Waals surface area contributed by atoms with Gasteiger partial charge in [-0.25, -0.2) is 0 Å². The fourth-order valence-electron chi connectivity index (χ4n) is 4.77. The van der Waals surface area contributed by atoms with Gasteiger partial charge in [0.15, 0.2) is 0 Å². The molecule has 0 aromatic heterocycles. The van der Waals surface area contributed by atoms with Crippen molar-refractivity contribution in [1.82, 2.24) is 0 Å². The molecule has 1 heteroatoms. The molecule has 0 amide bonds. The van der Waals surface area contributed by atoms with Gasteiger partial charge in [-0.05, 0) is 54.8 Å². The molecule has 2 aliphatic rings. The zero-order chi connectivity index (χ0) is 14.0. The zero-order valence-electron chi connectivity index (χ0n) is 13.4. The van der Waals surface area contributed by atoms with Crippen molar-refractivity contribution >= 4 is 11.6 Å². The first kappa shape index (κ1) is 15.7. The second-order valence-electron chi connectivity index (χ2n) is 7.99. The molecular formula is C18H33Cl. The highest BCUT2D eigenvalue weighted by Gasteiger charge is 2.43. The number of halogens is 1. The van der Waals surface area contributed by atoms with Gasteiger partial charge in [0.1, 0.15) is 0 Å². The maximum atomic E-state index is 6.74. The molecule has 0 aliphatic heterocycles. The summed E-state index contributed by atoms with van der Waals surface area (Å²) in [6.07, 6.45) is 11.2. The van der Waals surface area contributed by atoms with E-state index in [1.807, 2.05) is 0 Å². The van der Waals surface area contributed by atoms with Crippen LogP contribution in [0.1, 0.15) is 79.1 Å². The lowest BCUT2D eigenvalue weighted by Gasteiger charge is -2.48. The van der Waals surface area contributed by atoms with Crippen LogP contribution in [0.2, 0.25) is 0 Å². The first-order valence-electron chi connectivity index (χ1n) is 8.59. The second-order valence-corrected chi connectivity index (χ2v) is 8.55. The molecule has 2 fully saturated rings. The van der Waals surface area contributed by atoms with Crippen molar-refractivity contribution in [3.63, 3.8) is 0 Å². The van der Waals surface area contributed by atoms with Gasteiger partial charge < -0.3 is 0 Å². The Balaban J connectivity index is 1.97. The maximum Gasteiger partial charge on any atom is 0.0372 e. The van der Waals surface area contributed by atoms with Crippen molar-refractivity contribution in [3.05, 3.63) is 0 Å². The average Bonchev–Trinajstić information content (AvgIpc) is 2.38. The molecule has 0 heterocycles. The third-order valence-electron chi connectivity index (χ3n) is 6.47. The fourth-order valence-corrected chi connectivity index (χ4v) is 5.52. The molecular weight excluding hydrogens is 252 g/mol. The van der Waals surface area contributed by atoms with E-state index in [4.69, 9.17) is 11.6 Å². The number of alkyl halides is 1. The standard InChI is InChI=1S/C18H33Cl/c1-5-14-7-9-15(10-8-14)18(3,4)16-11-6-13(2)12-17(16)19/h13-17H,5-12H2,1-4H3. The summed E-state index contributed by atoms with van der Waals surface area (Å²) in [7, 11) is 0. The average molecular weight is 285 g/mol. The van der Waals surface area contributed by atoms with Crippen LogP contribution in [0.15, 0.2) is 0 Å². The van der Waals surface area contributed by atoms with E-state index in [2.05, 4.69) is 27.7 Å². The summed E-state index contributed by atoms with van der Waals surface area (Å²) in [4.78, 5) is 0. The minimum Gasteiger partial charge on any atom is -0.123 e. The van der Waals surface area contributed by atoms with E-state index in [-0.39, 0.29) is 0 Å². The maximum absolute atomic E-state index is 6.74. The Kier molecular flexibility index (Phi) is 5.26. The Hall–Kier alpha value is 0.290. The highest BCUT2D eigenvalue weighted by molar-refractivity contribution is 6.20. The van der Waals surface area contributed by atoms with E-state index < -0.39 is 0 Å². The Morgan fingerprint density at radius 1 is 1.00 bits per heavy atom. The quantitative estimate of drug-likeness (QED) is 0.536. The summed E-state index contributed by atoms with van der Waals surface area (Å²) < 4.78 is 0. The van der Waals surface area contributed by atoms with Crippen LogP contribution in [-0.2, 0) is 0 Å². The lowest BCUT2D eigenvalue weighted by molar-refractivity contribution is 0.0427. The van der Waals surface area contributed by atoms with Crippen molar-refractivity contribution in [3.8, 4) is 0 Å². The van der Waals surface area contributed by atoms with Crippen molar-refractivity contribution in [2.24, 2.45) is 29.1 Å². The predicted octanol–water partition coefficient (Wildman–Crippen LogP) is 6.27. The van der Waals surface area contributed by atoms with Gasteiger partial charge >= 0.3 is 0 Å². The normalized spacial score (nSPS) is 41.2. The minimum absolute atomic E-state index is 0.419. The van der Waals surface area contributed by atoms with Crippen LogP contribution in [0, 0.1) is 29.1 Å². The summed E-state index contributed by atoms with van der Waals surface area (Å²) in [6.45, 7) is 9.75. The van der Waals surface area contributed by atoms with Gasteiger partial charge in [-0.1, -0.05) is 53.4 Å². The monoisotopic (exact) mass is 284 g/mol. The molecule has 3 atom stereocenters. The molecule has 2 saturated carbocycles. The molecule has 112 valence electrons. The van der Waals surface area contributed by atoms with Gasteiger partial charge in [0.25, 0.3) is 0 Å². The lowest BCUT2D eigenvalue weighted by Crippen LogP contribution is -2.41. The van der Waals surface area contributed by atoms with Gasteiger partial charge in [0.2, 0.25) is 0 Å². The molecule has 0 spiro atoms. The summed E-state index contributed by atoms with van der Waals surface area (Å²) in [6, 6.07) is 0. The molecule has 0 radical (unpaired) electrons. The molecule has 0 bridgehead atoms. The molecule has 0 aromatic carbocycles. The highest BCUT2D eigenvalue weighted by atomic mass is 35.5. The Morgan fingerprint density at radius 3 is 2.16 bits per heavy atom. The van der Waals surface area contributed by atoms with Gasteiger partial charge in [0, 0.05) is 5.38 Å². The van der Waals surface area contributed by atoms with Crippen LogP contribution in [0.4, 0.5) is 0 Å². The number of hydrogen-bond donors (Lipinski definition) is 0. The number of hydrogen-bond acceptors (Lipinski definition) is 0. The van der Waals surface area contributed by atoms with E-state index in [0.717, 1.165) is 23.7 Å². The second kappa shape index (κ2) is 6.37. The van der Waals surface area contributed by atoms with Crippen LogP contribution in [0.5, 0.6) is 0 Å². The fraction of sp³-hybridized carbons (Fsp3) is 1.00. The zero-order valence-corrected chi connectivity index (χ0v) is 14.2. The first-order valence-corrected chi connectivity index (χ1v) is 9.02. The molecule has 2 aliphatic carbocycles.